The molecule has 176 valence electrons. The predicted octanol–water partition coefficient (Wildman–Crippen LogP) is 4.50. The summed E-state index contributed by atoms with van der Waals surface area (Å²) in [6.45, 7) is 4.09. The van der Waals surface area contributed by atoms with Gasteiger partial charge in [-0.3, -0.25) is 4.79 Å². The Labute approximate surface area is 199 Å². The Hall–Kier alpha value is -4.00. The van der Waals surface area contributed by atoms with Crippen LogP contribution in [0.1, 0.15) is 23.1 Å². The number of hydrogen-bond donors (Lipinski definition) is 1. The third-order valence-corrected chi connectivity index (χ3v) is 5.42. The van der Waals surface area contributed by atoms with E-state index in [4.69, 9.17) is 19.2 Å². The zero-order valence-corrected chi connectivity index (χ0v) is 19.5. The molecular weight excluding hydrogens is 430 g/mol. The Morgan fingerprint density at radius 1 is 0.971 bits per heavy atom. The van der Waals surface area contributed by atoms with E-state index >= 15 is 0 Å². The van der Waals surface area contributed by atoms with Crippen molar-refractivity contribution in [1.29, 1.82) is 0 Å². The van der Waals surface area contributed by atoms with Gasteiger partial charge in [0.25, 0.3) is 5.91 Å². The quantitative estimate of drug-likeness (QED) is 0.358. The number of carbonyl (C=O) groups excluding carboxylic acids is 1. The molecule has 34 heavy (non-hydrogen) atoms. The Balaban J connectivity index is 1.42. The van der Waals surface area contributed by atoms with Crippen LogP contribution in [0.5, 0.6) is 17.2 Å². The van der Waals surface area contributed by atoms with E-state index in [0.29, 0.717) is 44.0 Å². The van der Waals surface area contributed by atoms with Crippen molar-refractivity contribution in [3.05, 3.63) is 84.2 Å². The number of rotatable bonds is 11. The lowest BCUT2D eigenvalue weighted by Gasteiger charge is -2.14. The highest BCUT2D eigenvalue weighted by Gasteiger charge is 2.13. The fourth-order valence-electron chi connectivity index (χ4n) is 3.81. The van der Waals surface area contributed by atoms with E-state index in [1.165, 1.54) is 0 Å². The number of carbonyl (C=O) groups is 1. The van der Waals surface area contributed by atoms with Gasteiger partial charge in [-0.1, -0.05) is 30.3 Å². The van der Waals surface area contributed by atoms with Gasteiger partial charge in [0.15, 0.2) is 11.5 Å². The number of methoxy groups -OCH3 is 1. The summed E-state index contributed by atoms with van der Waals surface area (Å²) in [7, 11) is 1.58. The summed E-state index contributed by atoms with van der Waals surface area (Å²) in [5.74, 6) is 2.87. The molecule has 0 radical (unpaired) electrons. The van der Waals surface area contributed by atoms with Crippen molar-refractivity contribution >= 4 is 16.9 Å². The summed E-state index contributed by atoms with van der Waals surface area (Å²) in [4.78, 5) is 17.3. The maximum absolute atomic E-state index is 12.5. The maximum Gasteiger partial charge on any atom is 0.251 e. The smallest absolute Gasteiger partial charge is 0.251 e. The monoisotopic (exact) mass is 459 g/mol. The van der Waals surface area contributed by atoms with Crippen LogP contribution in [-0.4, -0.2) is 42.3 Å². The summed E-state index contributed by atoms with van der Waals surface area (Å²) >= 11 is 0. The van der Waals surface area contributed by atoms with E-state index in [0.717, 1.165) is 28.4 Å². The standard InChI is InChI=1S/C27H29N3O4/c1-3-33-24-13-6-7-14-25(24)34-18-17-30-23-12-5-4-11-22(23)29-26(30)15-16-28-27(31)20-9-8-10-21(19-20)32-2/h4-14,19H,3,15-18H2,1-2H3,(H,28,31). The first-order chi connectivity index (χ1) is 16.7. The maximum atomic E-state index is 12.5. The number of benzene rings is 3. The van der Waals surface area contributed by atoms with Crippen LogP contribution in [0, 0.1) is 0 Å². The minimum Gasteiger partial charge on any atom is -0.497 e. The molecule has 3 aromatic carbocycles. The number of imidazole rings is 1. The highest BCUT2D eigenvalue weighted by Crippen LogP contribution is 2.26. The van der Waals surface area contributed by atoms with Crippen LogP contribution < -0.4 is 19.5 Å². The molecule has 4 rings (SSSR count). The molecule has 0 aliphatic heterocycles. The molecule has 0 atom stereocenters. The van der Waals surface area contributed by atoms with E-state index in [2.05, 4.69) is 16.0 Å². The van der Waals surface area contributed by atoms with Crippen LogP contribution in [0.15, 0.2) is 72.8 Å². The fourth-order valence-corrected chi connectivity index (χ4v) is 3.81. The molecule has 1 amide bonds. The van der Waals surface area contributed by atoms with E-state index in [1.807, 2.05) is 55.5 Å². The number of ether oxygens (including phenoxy) is 3. The van der Waals surface area contributed by atoms with Crippen LogP contribution in [0.4, 0.5) is 0 Å². The van der Waals surface area contributed by atoms with Crippen LogP contribution in [0.25, 0.3) is 11.0 Å². The lowest BCUT2D eigenvalue weighted by atomic mass is 10.2. The Morgan fingerprint density at radius 2 is 1.74 bits per heavy atom. The van der Waals surface area contributed by atoms with Crippen molar-refractivity contribution in [1.82, 2.24) is 14.9 Å². The van der Waals surface area contributed by atoms with Crippen LogP contribution >= 0.6 is 0 Å². The number of para-hydroxylation sites is 4. The van der Waals surface area contributed by atoms with Crippen LogP contribution in [0.3, 0.4) is 0 Å². The third-order valence-electron chi connectivity index (χ3n) is 5.42. The molecule has 4 aromatic rings. The lowest BCUT2D eigenvalue weighted by Crippen LogP contribution is -2.26. The summed E-state index contributed by atoms with van der Waals surface area (Å²) in [6.07, 6.45) is 0.597. The number of nitrogens with zero attached hydrogens (tertiary/aromatic N) is 2. The number of aromatic nitrogens is 2. The van der Waals surface area contributed by atoms with Gasteiger partial charge < -0.3 is 24.1 Å². The lowest BCUT2D eigenvalue weighted by molar-refractivity contribution is 0.0953. The highest BCUT2D eigenvalue weighted by molar-refractivity contribution is 5.94. The topological polar surface area (TPSA) is 74.6 Å². The van der Waals surface area contributed by atoms with Crippen molar-refractivity contribution < 1.29 is 19.0 Å². The Bertz CT molecular complexity index is 1250. The van der Waals surface area contributed by atoms with Crippen molar-refractivity contribution in [2.45, 2.75) is 19.9 Å². The SMILES string of the molecule is CCOc1ccccc1OCCn1c(CCNC(=O)c2cccc(OC)c2)nc2ccccc21. The highest BCUT2D eigenvalue weighted by atomic mass is 16.5. The first kappa shape index (κ1) is 23.2. The van der Waals surface area contributed by atoms with Crippen molar-refractivity contribution in [3.63, 3.8) is 0 Å². The summed E-state index contributed by atoms with van der Waals surface area (Å²) in [6, 6.07) is 22.8. The number of nitrogens with one attached hydrogen (secondary N) is 1. The molecule has 0 aliphatic rings. The van der Waals surface area contributed by atoms with E-state index in [1.54, 1.807) is 25.3 Å². The predicted molar refractivity (Wildman–Crippen MR) is 132 cm³/mol. The van der Waals surface area contributed by atoms with Gasteiger partial charge in [-0.2, -0.15) is 0 Å². The first-order valence-corrected chi connectivity index (χ1v) is 11.4. The number of hydrogen-bond acceptors (Lipinski definition) is 5. The second-order valence-electron chi connectivity index (χ2n) is 7.63. The molecule has 1 N–H and O–H groups in total. The molecule has 7 heteroatoms. The molecular formula is C27H29N3O4. The number of amides is 1. The van der Waals surface area contributed by atoms with Gasteiger partial charge in [0.05, 0.1) is 31.3 Å². The van der Waals surface area contributed by atoms with Crippen LogP contribution in [-0.2, 0) is 13.0 Å². The summed E-state index contributed by atoms with van der Waals surface area (Å²) < 4.78 is 19.0. The van der Waals surface area contributed by atoms with Gasteiger partial charge >= 0.3 is 0 Å². The molecule has 0 aliphatic carbocycles. The molecule has 0 fully saturated rings. The van der Waals surface area contributed by atoms with E-state index < -0.39 is 0 Å². The molecule has 0 unspecified atom stereocenters. The molecule has 0 saturated carbocycles. The van der Waals surface area contributed by atoms with Crippen molar-refractivity contribution in [2.24, 2.45) is 0 Å². The van der Waals surface area contributed by atoms with Gasteiger partial charge in [-0.15, -0.1) is 0 Å². The average molecular weight is 460 g/mol. The molecule has 7 nitrogen and oxygen atoms in total. The van der Waals surface area contributed by atoms with Gasteiger partial charge in [0.1, 0.15) is 18.2 Å². The molecule has 1 aromatic heterocycles. The Kier molecular flexibility index (Phi) is 7.65. The minimum absolute atomic E-state index is 0.141. The minimum atomic E-state index is -0.141. The largest absolute Gasteiger partial charge is 0.497 e. The zero-order valence-electron chi connectivity index (χ0n) is 19.5. The molecule has 0 saturated heterocycles. The summed E-state index contributed by atoms with van der Waals surface area (Å²) in [5, 5.41) is 2.98. The first-order valence-electron chi connectivity index (χ1n) is 11.4. The van der Waals surface area contributed by atoms with Crippen molar-refractivity contribution in [3.8, 4) is 17.2 Å². The Morgan fingerprint density at radius 3 is 2.53 bits per heavy atom. The van der Waals surface area contributed by atoms with Gasteiger partial charge in [0.2, 0.25) is 0 Å². The third kappa shape index (κ3) is 5.49. The van der Waals surface area contributed by atoms with E-state index in [-0.39, 0.29) is 5.91 Å². The second-order valence-corrected chi connectivity index (χ2v) is 7.63. The van der Waals surface area contributed by atoms with Crippen LogP contribution in [0.2, 0.25) is 0 Å². The average Bonchev–Trinajstić information content (AvgIpc) is 3.22. The molecule has 1 heterocycles. The zero-order chi connectivity index (χ0) is 23.8. The van der Waals surface area contributed by atoms with Gasteiger partial charge in [-0.05, 0) is 49.4 Å². The second kappa shape index (κ2) is 11.2. The normalized spacial score (nSPS) is 10.8. The fraction of sp³-hybridized carbons (Fsp3) is 0.259. The molecule has 0 spiro atoms. The van der Waals surface area contributed by atoms with E-state index in [9.17, 15) is 4.79 Å². The van der Waals surface area contributed by atoms with Gasteiger partial charge in [-0.25, -0.2) is 4.98 Å². The van der Waals surface area contributed by atoms with Gasteiger partial charge in [0, 0.05) is 18.5 Å². The molecule has 0 bridgehead atoms. The number of fused-ring (bicyclic) bond motifs is 1. The summed E-state index contributed by atoms with van der Waals surface area (Å²) in [5.41, 5.74) is 2.53. The van der Waals surface area contributed by atoms with Crippen molar-refractivity contribution in [2.75, 3.05) is 26.9 Å².